The van der Waals surface area contributed by atoms with Crippen molar-refractivity contribution in [3.63, 3.8) is 0 Å². The number of sulfonamides is 1. The third kappa shape index (κ3) is 3.74. The molecular weight excluding hydrogens is 314 g/mol. The highest BCUT2D eigenvalue weighted by atomic mass is 35.5. The zero-order valence-corrected chi connectivity index (χ0v) is 13.4. The van der Waals surface area contributed by atoms with Crippen LogP contribution in [0.4, 0.5) is 0 Å². The number of carbonyl (C=O) groups is 1. The van der Waals surface area contributed by atoms with Gasteiger partial charge in [0, 0.05) is 25.2 Å². The molecule has 0 spiro atoms. The Bertz CT molecular complexity index is 600. The van der Waals surface area contributed by atoms with Crippen LogP contribution >= 0.6 is 12.4 Å². The number of benzene rings is 1. The first kappa shape index (κ1) is 17.9. The van der Waals surface area contributed by atoms with E-state index in [9.17, 15) is 13.2 Å². The monoisotopic (exact) mass is 333 g/mol. The van der Waals surface area contributed by atoms with E-state index in [1.807, 2.05) is 0 Å². The molecule has 0 aliphatic heterocycles. The summed E-state index contributed by atoms with van der Waals surface area (Å²) >= 11 is 0. The van der Waals surface area contributed by atoms with Gasteiger partial charge in [0.1, 0.15) is 0 Å². The first-order valence-electron chi connectivity index (χ1n) is 6.46. The van der Waals surface area contributed by atoms with Crippen molar-refractivity contribution in [1.29, 1.82) is 0 Å². The number of primary amides is 1. The van der Waals surface area contributed by atoms with E-state index in [1.165, 1.54) is 28.6 Å². The van der Waals surface area contributed by atoms with E-state index in [0.29, 0.717) is 12.5 Å². The number of halogens is 1. The number of hydrogen-bond acceptors (Lipinski definition) is 4. The maximum absolute atomic E-state index is 12.5. The first-order valence-corrected chi connectivity index (χ1v) is 7.90. The van der Waals surface area contributed by atoms with E-state index >= 15 is 0 Å². The standard InChI is InChI=1S/C13H19N3O3S.ClH/c1-16(12(8-14)9-2-3-9)20(18,19)11-6-4-10(5-7-11)13(15)17;/h4-7,9,12H,2-3,8,14H2,1H3,(H2,15,17);1H. The molecule has 1 fully saturated rings. The Morgan fingerprint density at radius 1 is 1.33 bits per heavy atom. The summed E-state index contributed by atoms with van der Waals surface area (Å²) in [6.07, 6.45) is 2.03. The highest BCUT2D eigenvalue weighted by Crippen LogP contribution is 2.36. The van der Waals surface area contributed by atoms with E-state index < -0.39 is 15.9 Å². The minimum atomic E-state index is -3.60. The zero-order chi connectivity index (χ0) is 14.9. The van der Waals surface area contributed by atoms with Crippen molar-refractivity contribution in [2.45, 2.75) is 23.8 Å². The van der Waals surface area contributed by atoms with Gasteiger partial charge >= 0.3 is 0 Å². The Balaban J connectivity index is 0.00000220. The Morgan fingerprint density at radius 2 is 1.86 bits per heavy atom. The number of carbonyl (C=O) groups excluding carboxylic acids is 1. The zero-order valence-electron chi connectivity index (χ0n) is 11.7. The first-order chi connectivity index (χ1) is 9.37. The molecule has 8 heteroatoms. The fourth-order valence-corrected chi connectivity index (χ4v) is 3.68. The molecule has 1 atom stereocenters. The van der Waals surface area contributed by atoms with Crippen molar-refractivity contribution in [2.75, 3.05) is 13.6 Å². The van der Waals surface area contributed by atoms with Crippen LogP contribution < -0.4 is 11.5 Å². The summed E-state index contributed by atoms with van der Waals surface area (Å²) in [5.74, 6) is -0.232. The molecule has 1 aromatic rings. The largest absolute Gasteiger partial charge is 0.366 e. The van der Waals surface area contributed by atoms with E-state index in [1.54, 1.807) is 7.05 Å². The van der Waals surface area contributed by atoms with E-state index in [2.05, 4.69) is 0 Å². The second kappa shape index (κ2) is 6.74. The molecule has 1 amide bonds. The topological polar surface area (TPSA) is 106 Å². The van der Waals surface area contributed by atoms with E-state index in [0.717, 1.165) is 12.8 Å². The van der Waals surface area contributed by atoms with Gasteiger partial charge in [-0.15, -0.1) is 12.4 Å². The molecule has 1 aliphatic rings. The summed E-state index contributed by atoms with van der Waals surface area (Å²) in [6.45, 7) is 0.305. The number of nitrogens with two attached hydrogens (primary N) is 2. The predicted molar refractivity (Wildman–Crippen MR) is 82.7 cm³/mol. The number of hydrogen-bond donors (Lipinski definition) is 2. The summed E-state index contributed by atoms with van der Waals surface area (Å²) in [5.41, 5.74) is 11.1. The van der Waals surface area contributed by atoms with Crippen LogP contribution in [0.1, 0.15) is 23.2 Å². The van der Waals surface area contributed by atoms with Crippen LogP contribution in [0.15, 0.2) is 29.2 Å². The molecule has 6 nitrogen and oxygen atoms in total. The quantitative estimate of drug-likeness (QED) is 0.793. The molecule has 0 radical (unpaired) electrons. The Kier molecular flexibility index (Phi) is 5.75. The van der Waals surface area contributed by atoms with Gasteiger partial charge < -0.3 is 11.5 Å². The van der Waals surface area contributed by atoms with Crippen LogP contribution in [0.25, 0.3) is 0 Å². The number of nitrogens with zero attached hydrogens (tertiary/aromatic N) is 1. The van der Waals surface area contributed by atoms with Crippen molar-refractivity contribution >= 4 is 28.3 Å². The molecule has 0 bridgehead atoms. The molecule has 1 unspecified atom stereocenters. The molecule has 21 heavy (non-hydrogen) atoms. The van der Waals surface area contributed by atoms with Gasteiger partial charge in [0.15, 0.2) is 0 Å². The second-order valence-electron chi connectivity index (χ2n) is 5.05. The SMILES string of the molecule is CN(C(CN)C1CC1)S(=O)(=O)c1ccc(C(N)=O)cc1.Cl. The fraction of sp³-hybridized carbons (Fsp3) is 0.462. The summed E-state index contributed by atoms with van der Waals surface area (Å²) < 4.78 is 26.3. The van der Waals surface area contributed by atoms with Gasteiger partial charge in [-0.3, -0.25) is 4.79 Å². The smallest absolute Gasteiger partial charge is 0.248 e. The molecule has 1 aliphatic carbocycles. The van der Waals surface area contributed by atoms with Crippen molar-refractivity contribution in [3.05, 3.63) is 29.8 Å². The molecule has 1 saturated carbocycles. The van der Waals surface area contributed by atoms with Crippen molar-refractivity contribution in [1.82, 2.24) is 4.31 Å². The summed E-state index contributed by atoms with van der Waals surface area (Å²) in [5, 5.41) is 0. The molecule has 4 N–H and O–H groups in total. The van der Waals surface area contributed by atoms with Crippen LogP contribution in [0, 0.1) is 5.92 Å². The maximum Gasteiger partial charge on any atom is 0.248 e. The van der Waals surface area contributed by atoms with Crippen LogP contribution in [-0.4, -0.2) is 38.3 Å². The number of likely N-dealkylation sites (N-methyl/N-ethyl adjacent to an activating group) is 1. The van der Waals surface area contributed by atoms with Gasteiger partial charge in [-0.2, -0.15) is 4.31 Å². The van der Waals surface area contributed by atoms with Crippen LogP contribution in [0.5, 0.6) is 0 Å². The van der Waals surface area contributed by atoms with E-state index in [4.69, 9.17) is 11.5 Å². The average molecular weight is 334 g/mol. The van der Waals surface area contributed by atoms with Crippen LogP contribution in [0.3, 0.4) is 0 Å². The third-order valence-corrected chi connectivity index (χ3v) is 5.59. The molecular formula is C13H20ClN3O3S. The molecule has 2 rings (SSSR count). The fourth-order valence-electron chi connectivity index (χ4n) is 2.25. The van der Waals surface area contributed by atoms with Crippen molar-refractivity contribution < 1.29 is 13.2 Å². The number of rotatable bonds is 6. The Hall–Kier alpha value is -1.15. The van der Waals surface area contributed by atoms with Gasteiger partial charge in [-0.1, -0.05) is 0 Å². The average Bonchev–Trinajstić information content (AvgIpc) is 3.24. The highest BCUT2D eigenvalue weighted by molar-refractivity contribution is 7.89. The lowest BCUT2D eigenvalue weighted by atomic mass is 10.2. The van der Waals surface area contributed by atoms with Gasteiger partial charge in [0.2, 0.25) is 15.9 Å². The molecule has 118 valence electrons. The third-order valence-electron chi connectivity index (χ3n) is 3.69. The van der Waals surface area contributed by atoms with Gasteiger partial charge in [0.25, 0.3) is 0 Å². The second-order valence-corrected chi connectivity index (χ2v) is 7.05. The predicted octanol–water partition coefficient (Wildman–Crippen LogP) is 0.565. The lowest BCUT2D eigenvalue weighted by molar-refractivity contribution is 0.1000. The van der Waals surface area contributed by atoms with Gasteiger partial charge in [-0.25, -0.2) is 8.42 Å². The van der Waals surface area contributed by atoms with E-state index in [-0.39, 0.29) is 28.9 Å². The maximum atomic E-state index is 12.5. The minimum absolute atomic E-state index is 0. The van der Waals surface area contributed by atoms with Crippen molar-refractivity contribution in [2.24, 2.45) is 17.4 Å². The Morgan fingerprint density at radius 3 is 2.24 bits per heavy atom. The lowest BCUT2D eigenvalue weighted by Crippen LogP contribution is -2.43. The highest BCUT2D eigenvalue weighted by Gasteiger charge is 2.38. The molecule has 0 saturated heterocycles. The van der Waals surface area contributed by atoms with Gasteiger partial charge in [0.05, 0.1) is 4.90 Å². The summed E-state index contributed by atoms with van der Waals surface area (Å²) in [7, 11) is -2.05. The van der Waals surface area contributed by atoms with Crippen molar-refractivity contribution in [3.8, 4) is 0 Å². The summed E-state index contributed by atoms with van der Waals surface area (Å²) in [4.78, 5) is 11.1. The normalized spacial score (nSPS) is 16.3. The molecule has 0 aromatic heterocycles. The minimum Gasteiger partial charge on any atom is -0.366 e. The lowest BCUT2D eigenvalue weighted by Gasteiger charge is -2.26. The van der Waals surface area contributed by atoms with Crippen LogP contribution in [-0.2, 0) is 10.0 Å². The summed E-state index contributed by atoms with van der Waals surface area (Å²) in [6, 6.07) is 5.45. The Labute approximate surface area is 130 Å². The van der Waals surface area contributed by atoms with Crippen LogP contribution in [0.2, 0.25) is 0 Å². The molecule has 0 heterocycles. The molecule has 1 aromatic carbocycles. The van der Waals surface area contributed by atoms with Gasteiger partial charge in [-0.05, 0) is 43.0 Å². The number of amides is 1.